The minimum absolute atomic E-state index is 0.715. The molecule has 16 heavy (non-hydrogen) atoms. The van der Waals surface area contributed by atoms with Crippen LogP contribution in [0.3, 0.4) is 0 Å². The SMILES string of the molecule is Cc1cc(C)cc(CNCc2ncn[nH]2)c1. The molecule has 0 saturated carbocycles. The number of benzene rings is 1. The summed E-state index contributed by atoms with van der Waals surface area (Å²) >= 11 is 0. The predicted octanol–water partition coefficient (Wildman–Crippen LogP) is 1.71. The van der Waals surface area contributed by atoms with Gasteiger partial charge in [-0.3, -0.25) is 5.10 Å². The van der Waals surface area contributed by atoms with Gasteiger partial charge in [0, 0.05) is 6.54 Å². The third kappa shape index (κ3) is 2.90. The highest BCUT2D eigenvalue weighted by Crippen LogP contribution is 2.08. The highest BCUT2D eigenvalue weighted by atomic mass is 15.2. The van der Waals surface area contributed by atoms with Crippen LogP contribution in [0.1, 0.15) is 22.5 Å². The summed E-state index contributed by atoms with van der Waals surface area (Å²) in [5.74, 6) is 0.865. The maximum absolute atomic E-state index is 4.05. The Hall–Kier alpha value is -1.68. The molecule has 1 aromatic heterocycles. The number of rotatable bonds is 4. The third-order valence-corrected chi connectivity index (χ3v) is 2.37. The highest BCUT2D eigenvalue weighted by Gasteiger charge is 1.97. The van der Waals surface area contributed by atoms with Crippen molar-refractivity contribution in [2.24, 2.45) is 0 Å². The van der Waals surface area contributed by atoms with Crippen LogP contribution in [0.15, 0.2) is 24.5 Å². The summed E-state index contributed by atoms with van der Waals surface area (Å²) in [4.78, 5) is 4.05. The normalized spacial score (nSPS) is 10.6. The Balaban J connectivity index is 1.89. The lowest BCUT2D eigenvalue weighted by Crippen LogP contribution is -2.13. The number of hydrogen-bond donors (Lipinski definition) is 2. The number of aromatic nitrogens is 3. The van der Waals surface area contributed by atoms with Gasteiger partial charge in [-0.25, -0.2) is 4.98 Å². The van der Waals surface area contributed by atoms with Gasteiger partial charge < -0.3 is 5.32 Å². The molecule has 0 saturated heterocycles. The van der Waals surface area contributed by atoms with Crippen LogP contribution in [0.25, 0.3) is 0 Å². The van der Waals surface area contributed by atoms with E-state index in [0.717, 1.165) is 12.4 Å². The van der Waals surface area contributed by atoms with Crippen molar-refractivity contribution in [1.82, 2.24) is 20.5 Å². The Labute approximate surface area is 95.1 Å². The van der Waals surface area contributed by atoms with E-state index in [1.807, 2.05) is 0 Å². The maximum atomic E-state index is 4.05. The van der Waals surface area contributed by atoms with E-state index in [1.165, 1.54) is 23.0 Å². The van der Waals surface area contributed by atoms with Crippen molar-refractivity contribution in [3.05, 3.63) is 47.0 Å². The van der Waals surface area contributed by atoms with Crippen LogP contribution in [-0.2, 0) is 13.1 Å². The molecule has 0 fully saturated rings. The first-order chi connectivity index (χ1) is 7.74. The summed E-state index contributed by atoms with van der Waals surface area (Å²) < 4.78 is 0. The lowest BCUT2D eigenvalue weighted by Gasteiger charge is -2.05. The minimum Gasteiger partial charge on any atom is -0.306 e. The Morgan fingerprint density at radius 2 is 1.88 bits per heavy atom. The number of aromatic amines is 1. The van der Waals surface area contributed by atoms with E-state index in [4.69, 9.17) is 0 Å². The number of hydrogen-bond acceptors (Lipinski definition) is 3. The van der Waals surface area contributed by atoms with Crippen molar-refractivity contribution in [1.29, 1.82) is 0 Å². The lowest BCUT2D eigenvalue weighted by atomic mass is 10.1. The van der Waals surface area contributed by atoms with Crippen LogP contribution in [0.5, 0.6) is 0 Å². The molecule has 0 aliphatic carbocycles. The summed E-state index contributed by atoms with van der Waals surface area (Å²) in [6.45, 7) is 5.80. The summed E-state index contributed by atoms with van der Waals surface area (Å²) in [7, 11) is 0. The van der Waals surface area contributed by atoms with Crippen LogP contribution in [0.4, 0.5) is 0 Å². The molecule has 2 aromatic rings. The van der Waals surface area contributed by atoms with Crippen molar-refractivity contribution in [3.63, 3.8) is 0 Å². The summed E-state index contributed by atoms with van der Waals surface area (Å²) in [5, 5.41) is 9.95. The molecule has 0 atom stereocenters. The van der Waals surface area contributed by atoms with Crippen LogP contribution >= 0.6 is 0 Å². The molecule has 2 N–H and O–H groups in total. The Kier molecular flexibility index (Phi) is 3.31. The first-order valence-electron chi connectivity index (χ1n) is 5.36. The van der Waals surface area contributed by atoms with Crippen molar-refractivity contribution >= 4 is 0 Å². The van der Waals surface area contributed by atoms with E-state index >= 15 is 0 Å². The topological polar surface area (TPSA) is 53.6 Å². The Morgan fingerprint density at radius 3 is 2.50 bits per heavy atom. The maximum Gasteiger partial charge on any atom is 0.138 e. The van der Waals surface area contributed by atoms with E-state index in [-0.39, 0.29) is 0 Å². The van der Waals surface area contributed by atoms with Gasteiger partial charge in [-0.15, -0.1) is 0 Å². The molecule has 0 aliphatic heterocycles. The van der Waals surface area contributed by atoms with E-state index in [1.54, 1.807) is 0 Å². The molecule has 0 radical (unpaired) electrons. The van der Waals surface area contributed by atoms with Crippen molar-refractivity contribution in [3.8, 4) is 0 Å². The van der Waals surface area contributed by atoms with Crippen LogP contribution in [0, 0.1) is 13.8 Å². The van der Waals surface area contributed by atoms with Gasteiger partial charge >= 0.3 is 0 Å². The van der Waals surface area contributed by atoms with Crippen molar-refractivity contribution < 1.29 is 0 Å². The number of nitrogens with one attached hydrogen (secondary N) is 2. The molecular weight excluding hydrogens is 200 g/mol. The fraction of sp³-hybridized carbons (Fsp3) is 0.333. The first-order valence-corrected chi connectivity index (χ1v) is 5.36. The average molecular weight is 216 g/mol. The molecule has 0 spiro atoms. The van der Waals surface area contributed by atoms with Gasteiger partial charge in [0.1, 0.15) is 12.2 Å². The molecule has 0 aliphatic rings. The second-order valence-corrected chi connectivity index (χ2v) is 4.03. The third-order valence-electron chi connectivity index (χ3n) is 2.37. The molecule has 0 bridgehead atoms. The number of nitrogens with zero attached hydrogens (tertiary/aromatic N) is 2. The van der Waals surface area contributed by atoms with E-state index < -0.39 is 0 Å². The van der Waals surface area contributed by atoms with Crippen LogP contribution in [-0.4, -0.2) is 15.2 Å². The standard InChI is InChI=1S/C12H16N4/c1-9-3-10(2)5-11(4-9)6-13-7-12-14-8-15-16-12/h3-5,8,13H,6-7H2,1-2H3,(H,14,15,16). The largest absolute Gasteiger partial charge is 0.306 e. The second-order valence-electron chi connectivity index (χ2n) is 4.03. The first kappa shape index (κ1) is 10.8. The second kappa shape index (κ2) is 4.90. The fourth-order valence-electron chi connectivity index (χ4n) is 1.81. The molecular formula is C12H16N4. The monoisotopic (exact) mass is 216 g/mol. The molecule has 4 heteroatoms. The lowest BCUT2D eigenvalue weighted by molar-refractivity contribution is 0.664. The van der Waals surface area contributed by atoms with Gasteiger partial charge in [0.15, 0.2) is 0 Å². The van der Waals surface area contributed by atoms with E-state index in [0.29, 0.717) is 6.54 Å². The predicted molar refractivity (Wildman–Crippen MR) is 62.8 cm³/mol. The Morgan fingerprint density at radius 1 is 1.12 bits per heavy atom. The zero-order valence-electron chi connectivity index (χ0n) is 9.62. The van der Waals surface area contributed by atoms with Crippen molar-refractivity contribution in [2.45, 2.75) is 26.9 Å². The van der Waals surface area contributed by atoms with Gasteiger partial charge in [-0.2, -0.15) is 5.10 Å². The van der Waals surface area contributed by atoms with Crippen molar-refractivity contribution in [2.75, 3.05) is 0 Å². The van der Waals surface area contributed by atoms with Gasteiger partial charge in [-0.1, -0.05) is 29.3 Å². The minimum atomic E-state index is 0.715. The molecule has 84 valence electrons. The zero-order valence-corrected chi connectivity index (χ0v) is 9.62. The van der Waals surface area contributed by atoms with E-state index in [2.05, 4.69) is 52.5 Å². The fourth-order valence-corrected chi connectivity index (χ4v) is 1.81. The van der Waals surface area contributed by atoms with Crippen LogP contribution < -0.4 is 5.32 Å². The number of aryl methyl sites for hydroxylation is 2. The highest BCUT2D eigenvalue weighted by molar-refractivity contribution is 5.28. The molecule has 2 rings (SSSR count). The average Bonchev–Trinajstić information content (AvgIpc) is 2.69. The summed E-state index contributed by atoms with van der Waals surface area (Å²) in [5.41, 5.74) is 3.91. The van der Waals surface area contributed by atoms with Gasteiger partial charge in [0.05, 0.1) is 6.54 Å². The number of H-pyrrole nitrogens is 1. The molecule has 4 nitrogen and oxygen atoms in total. The van der Waals surface area contributed by atoms with Gasteiger partial charge in [0.25, 0.3) is 0 Å². The summed E-state index contributed by atoms with van der Waals surface area (Å²) in [6.07, 6.45) is 1.52. The Bertz CT molecular complexity index is 428. The van der Waals surface area contributed by atoms with Crippen LogP contribution in [0.2, 0.25) is 0 Å². The quantitative estimate of drug-likeness (QED) is 0.818. The van der Waals surface area contributed by atoms with Gasteiger partial charge in [-0.05, 0) is 19.4 Å². The zero-order chi connectivity index (χ0) is 11.4. The molecule has 1 heterocycles. The molecule has 1 aromatic carbocycles. The smallest absolute Gasteiger partial charge is 0.138 e. The summed E-state index contributed by atoms with van der Waals surface area (Å²) in [6, 6.07) is 6.57. The van der Waals surface area contributed by atoms with E-state index in [9.17, 15) is 0 Å². The van der Waals surface area contributed by atoms with Gasteiger partial charge in [0.2, 0.25) is 0 Å². The molecule has 0 unspecified atom stereocenters. The molecule has 0 amide bonds.